The summed E-state index contributed by atoms with van der Waals surface area (Å²) in [6.07, 6.45) is 1.79. The summed E-state index contributed by atoms with van der Waals surface area (Å²) in [4.78, 5) is 30.5. The second-order valence-electron chi connectivity index (χ2n) is 8.31. The Morgan fingerprint density at radius 3 is 2.58 bits per heavy atom. The molecule has 2 amide bonds. The normalized spacial score (nSPS) is 19.4. The lowest BCUT2D eigenvalue weighted by Gasteiger charge is -2.34. The summed E-state index contributed by atoms with van der Waals surface area (Å²) in [7, 11) is 1.56. The number of anilines is 1. The number of piperidine rings is 1. The summed E-state index contributed by atoms with van der Waals surface area (Å²) < 4.78 is 5.30. The van der Waals surface area contributed by atoms with Crippen molar-refractivity contribution in [1.82, 2.24) is 4.90 Å². The van der Waals surface area contributed by atoms with Crippen molar-refractivity contribution in [1.29, 1.82) is 0 Å². The number of amides is 2. The Hall–Kier alpha value is -3.12. The van der Waals surface area contributed by atoms with Gasteiger partial charge in [-0.15, -0.1) is 0 Å². The molecule has 2 aliphatic rings. The van der Waals surface area contributed by atoms with Crippen molar-refractivity contribution in [2.24, 2.45) is 5.92 Å². The van der Waals surface area contributed by atoms with Gasteiger partial charge in [-0.2, -0.15) is 0 Å². The third kappa shape index (κ3) is 3.83. The van der Waals surface area contributed by atoms with Gasteiger partial charge in [-0.1, -0.05) is 24.3 Å². The quantitative estimate of drug-likeness (QED) is 0.752. The topological polar surface area (TPSA) is 70.1 Å². The first-order valence-electron chi connectivity index (χ1n) is 10.6. The zero-order valence-electron chi connectivity index (χ0n) is 18.2. The third-order valence-electron chi connectivity index (χ3n) is 6.26. The molecule has 0 aliphatic carbocycles. The number of hydrogen-bond donors (Lipinski definition) is 1. The first-order valence-corrected chi connectivity index (χ1v) is 10.6. The zero-order chi connectivity index (χ0) is 22.1. The highest BCUT2D eigenvalue weighted by Crippen LogP contribution is 2.37. The van der Waals surface area contributed by atoms with Gasteiger partial charge >= 0.3 is 0 Å². The minimum absolute atomic E-state index is 0.0739. The van der Waals surface area contributed by atoms with E-state index in [2.05, 4.69) is 0 Å². The van der Waals surface area contributed by atoms with Crippen LogP contribution < -0.4 is 9.64 Å². The van der Waals surface area contributed by atoms with Crippen molar-refractivity contribution >= 4 is 23.1 Å². The van der Waals surface area contributed by atoms with E-state index < -0.39 is 0 Å². The molecule has 1 N–H and O–H groups in total. The van der Waals surface area contributed by atoms with Crippen molar-refractivity contribution in [3.63, 3.8) is 0 Å². The molecular formula is C25H28N2O4. The van der Waals surface area contributed by atoms with Gasteiger partial charge in [0, 0.05) is 25.8 Å². The van der Waals surface area contributed by atoms with Crippen LogP contribution in [-0.2, 0) is 9.59 Å². The number of imide groups is 1. The molecule has 1 unspecified atom stereocenters. The maximum absolute atomic E-state index is 13.6. The van der Waals surface area contributed by atoms with Gasteiger partial charge in [0.05, 0.1) is 18.4 Å². The lowest BCUT2D eigenvalue weighted by molar-refractivity contribution is -0.120. The van der Waals surface area contributed by atoms with Crippen LogP contribution in [0.25, 0.3) is 5.57 Å². The van der Waals surface area contributed by atoms with Crippen LogP contribution >= 0.6 is 0 Å². The molecule has 2 aromatic rings. The van der Waals surface area contributed by atoms with Crippen LogP contribution in [0.1, 0.15) is 29.5 Å². The molecule has 0 bridgehead atoms. The fourth-order valence-electron chi connectivity index (χ4n) is 4.37. The monoisotopic (exact) mass is 420 g/mol. The van der Waals surface area contributed by atoms with E-state index in [1.54, 1.807) is 31.4 Å². The van der Waals surface area contributed by atoms with Crippen molar-refractivity contribution in [2.45, 2.75) is 26.7 Å². The summed E-state index contributed by atoms with van der Waals surface area (Å²) in [5.74, 6) is 0.0151. The van der Waals surface area contributed by atoms with Gasteiger partial charge in [0.2, 0.25) is 0 Å². The molecule has 31 heavy (non-hydrogen) atoms. The van der Waals surface area contributed by atoms with Gasteiger partial charge in [-0.05, 0) is 61.4 Å². The van der Waals surface area contributed by atoms with Gasteiger partial charge in [-0.25, -0.2) is 4.90 Å². The van der Waals surface area contributed by atoms with Crippen molar-refractivity contribution in [3.8, 4) is 5.75 Å². The van der Waals surface area contributed by atoms with Crippen LogP contribution in [0.15, 0.2) is 48.2 Å². The predicted molar refractivity (Wildman–Crippen MR) is 120 cm³/mol. The Morgan fingerprint density at radius 1 is 1.06 bits per heavy atom. The molecule has 1 saturated heterocycles. The second kappa shape index (κ2) is 8.55. The van der Waals surface area contributed by atoms with E-state index in [-0.39, 0.29) is 24.3 Å². The first kappa shape index (κ1) is 21.1. The summed E-state index contributed by atoms with van der Waals surface area (Å²) in [6.45, 7) is 5.35. The number of rotatable bonds is 5. The fraction of sp³-hybridized carbons (Fsp3) is 0.360. The number of aliphatic hydroxyl groups is 1. The summed E-state index contributed by atoms with van der Waals surface area (Å²) >= 11 is 0. The highest BCUT2D eigenvalue weighted by molar-refractivity contribution is 6.45. The number of methoxy groups -OCH3 is 1. The zero-order valence-corrected chi connectivity index (χ0v) is 18.2. The molecular weight excluding hydrogens is 392 g/mol. The lowest BCUT2D eigenvalue weighted by Crippen LogP contribution is -2.40. The van der Waals surface area contributed by atoms with Crippen LogP contribution in [0, 0.1) is 19.8 Å². The van der Waals surface area contributed by atoms with Gasteiger partial charge in [0.1, 0.15) is 11.4 Å². The van der Waals surface area contributed by atoms with E-state index in [9.17, 15) is 14.7 Å². The largest absolute Gasteiger partial charge is 0.497 e. The van der Waals surface area contributed by atoms with Crippen LogP contribution in [0.3, 0.4) is 0 Å². The number of aryl methyl sites for hydroxylation is 2. The Kier molecular flexibility index (Phi) is 5.83. The van der Waals surface area contributed by atoms with Gasteiger partial charge in [0.15, 0.2) is 0 Å². The van der Waals surface area contributed by atoms with E-state index in [0.29, 0.717) is 35.8 Å². The Bertz CT molecular complexity index is 1060. The summed E-state index contributed by atoms with van der Waals surface area (Å²) in [5.41, 5.74) is 4.28. The van der Waals surface area contributed by atoms with E-state index in [1.165, 1.54) is 4.90 Å². The molecule has 0 spiro atoms. The van der Waals surface area contributed by atoms with Gasteiger partial charge in [-0.3, -0.25) is 9.59 Å². The number of carbonyl (C=O) groups is 2. The molecule has 2 heterocycles. The lowest BCUT2D eigenvalue weighted by atomic mass is 9.96. The number of likely N-dealkylation sites (tertiary alicyclic amines) is 1. The maximum atomic E-state index is 13.6. The molecule has 6 heteroatoms. The van der Waals surface area contributed by atoms with E-state index in [1.807, 2.05) is 36.9 Å². The average molecular weight is 421 g/mol. The number of hydrogen-bond acceptors (Lipinski definition) is 5. The van der Waals surface area contributed by atoms with Gasteiger partial charge < -0.3 is 14.7 Å². The molecule has 1 atom stereocenters. The maximum Gasteiger partial charge on any atom is 0.282 e. The van der Waals surface area contributed by atoms with Crippen molar-refractivity contribution < 1.29 is 19.4 Å². The van der Waals surface area contributed by atoms with Crippen LogP contribution in [0.5, 0.6) is 5.75 Å². The molecule has 162 valence electrons. The molecule has 0 radical (unpaired) electrons. The van der Waals surface area contributed by atoms with E-state index >= 15 is 0 Å². The number of benzene rings is 2. The standard InChI is InChI=1S/C25H28N2O4/c1-16-9-10-19(12-17(16)2)22-23(26-11-5-6-18(14-26)15-28)25(30)27(24(22)29)20-7-4-8-21(13-20)31-3/h4,7-10,12-13,18,28H,5-6,11,14-15H2,1-3H3. The number of nitrogens with zero attached hydrogens (tertiary/aromatic N) is 2. The van der Waals surface area contributed by atoms with Gasteiger partial charge in [0.25, 0.3) is 11.8 Å². The van der Waals surface area contributed by atoms with Crippen LogP contribution in [0.4, 0.5) is 5.69 Å². The predicted octanol–water partition coefficient (Wildman–Crippen LogP) is 3.30. The first-order chi connectivity index (χ1) is 14.9. The fourth-order valence-corrected chi connectivity index (χ4v) is 4.37. The molecule has 2 aromatic carbocycles. The van der Waals surface area contributed by atoms with Crippen molar-refractivity contribution in [2.75, 3.05) is 31.7 Å². The molecule has 2 aliphatic heterocycles. The van der Waals surface area contributed by atoms with Crippen LogP contribution in [0.2, 0.25) is 0 Å². The highest BCUT2D eigenvalue weighted by Gasteiger charge is 2.43. The number of carbonyl (C=O) groups excluding carboxylic acids is 2. The SMILES string of the molecule is COc1cccc(N2C(=O)C(c3ccc(C)c(C)c3)=C(N3CCCC(CO)C3)C2=O)c1. The third-order valence-corrected chi connectivity index (χ3v) is 6.26. The smallest absolute Gasteiger partial charge is 0.282 e. The Labute approximate surface area is 182 Å². The second-order valence-corrected chi connectivity index (χ2v) is 8.31. The molecule has 6 nitrogen and oxygen atoms in total. The van der Waals surface area contributed by atoms with E-state index in [0.717, 1.165) is 29.5 Å². The number of ether oxygens (including phenoxy) is 1. The Morgan fingerprint density at radius 2 is 1.87 bits per heavy atom. The van der Waals surface area contributed by atoms with Crippen molar-refractivity contribution in [3.05, 3.63) is 64.9 Å². The molecule has 0 saturated carbocycles. The highest BCUT2D eigenvalue weighted by atomic mass is 16.5. The molecule has 0 aromatic heterocycles. The van der Waals surface area contributed by atoms with Crippen LogP contribution in [-0.4, -0.2) is 48.6 Å². The summed E-state index contributed by atoms with van der Waals surface area (Å²) in [6, 6.07) is 12.8. The molecule has 4 rings (SSSR count). The molecule has 1 fully saturated rings. The average Bonchev–Trinajstić information content (AvgIpc) is 3.05. The number of aliphatic hydroxyl groups excluding tert-OH is 1. The minimum atomic E-state index is -0.331. The Balaban J connectivity index is 1.83. The minimum Gasteiger partial charge on any atom is -0.497 e. The summed E-state index contributed by atoms with van der Waals surface area (Å²) in [5, 5.41) is 9.69. The van der Waals surface area contributed by atoms with E-state index in [4.69, 9.17) is 4.74 Å².